The summed E-state index contributed by atoms with van der Waals surface area (Å²) in [6, 6.07) is 17.3. The van der Waals surface area contributed by atoms with Gasteiger partial charge in [0.1, 0.15) is 24.6 Å². The molecule has 6 aromatic rings. The number of rotatable bonds is 30. The van der Waals surface area contributed by atoms with Gasteiger partial charge in [0.2, 0.25) is 0 Å². The summed E-state index contributed by atoms with van der Waals surface area (Å²) in [5.74, 6) is 2.19. The SMILES string of the molecule is [C-]#[N+]C([N+]#[C-])=C1/C(=C/c2cc(OCC(CC)CCCC)c(-c3cc4c(s3)-c3sc(-c5sc(/C=C6\C(=O)c7cc(Cl)c(Cl)cc7\C6=C(/C#N)[N+]#[C-])cc5OCC(CC)CCCC)cc3C4(CC(CC)CCCC)CC(CC)CCCC)s2)C(=O)c2cc(Cl)c(Cl)cc21. The van der Waals surface area contributed by atoms with Gasteiger partial charge in [-0.1, -0.05) is 192 Å². The van der Waals surface area contributed by atoms with Gasteiger partial charge in [-0.2, -0.15) is 9.69 Å². The van der Waals surface area contributed by atoms with E-state index in [1.54, 1.807) is 40.9 Å². The first kappa shape index (κ1) is 69.6. The molecule has 0 aliphatic heterocycles. The van der Waals surface area contributed by atoms with Crippen LogP contribution in [0, 0.1) is 54.7 Å². The molecule has 91 heavy (non-hydrogen) atoms. The van der Waals surface area contributed by atoms with Crippen LogP contribution in [0.25, 0.3) is 67.1 Å². The fourth-order valence-corrected chi connectivity index (χ4v) is 18.9. The molecule has 3 aliphatic rings. The Morgan fingerprint density at radius 3 is 1.25 bits per heavy atom. The van der Waals surface area contributed by atoms with E-state index >= 15 is 0 Å². The number of benzene rings is 2. The van der Waals surface area contributed by atoms with Gasteiger partial charge in [-0.05, 0) is 132 Å². The Bertz CT molecular complexity index is 3760. The standard InChI is InChI=1S/C75H78Cl4N4O4S4/c1-12-20-24-43(16-5)38-75(39-44(17-6)25-21-13-2)55-36-64(72-62(86-41-45(18-7)26-22-14-3)30-47(88-72)28-53-66(61(40-80)81-9)49-32-57(76)59(78)34-51(49)68(53)84)90-70(55)71-56(75)37-65(91-71)73-63(87-42-46(19-8)27-23-15-4)31-48(89-73)29-54-67(74(82-10)83-11)50-33-58(77)60(79)35-52(50)69(54)85/h28-37,43-46H,12-27,38-39,41-42H2,1-8H3/b53-28-,54-29-,66-61-. The van der Waals surface area contributed by atoms with Gasteiger partial charge in [0.15, 0.2) is 11.6 Å². The average molecular weight is 1370 g/mol. The lowest BCUT2D eigenvalue weighted by atomic mass is 9.65. The molecular formula is C75H78Cl4N4O4S4. The van der Waals surface area contributed by atoms with Gasteiger partial charge >= 0.3 is 5.82 Å². The molecule has 0 N–H and O–H groups in total. The van der Waals surface area contributed by atoms with E-state index in [2.05, 4.69) is 88.1 Å². The lowest BCUT2D eigenvalue weighted by molar-refractivity contribution is 0.103. The van der Waals surface area contributed by atoms with Crippen molar-refractivity contribution in [3.63, 3.8) is 0 Å². The lowest BCUT2D eigenvalue weighted by Gasteiger charge is -2.37. The van der Waals surface area contributed by atoms with E-state index < -0.39 is 0 Å². The van der Waals surface area contributed by atoms with Crippen molar-refractivity contribution < 1.29 is 19.1 Å². The van der Waals surface area contributed by atoms with Gasteiger partial charge in [-0.15, -0.1) is 45.3 Å². The molecule has 9 rings (SSSR count). The monoisotopic (exact) mass is 1370 g/mol. The number of unbranched alkanes of at least 4 members (excludes halogenated alkanes) is 4. The third-order valence-corrected chi connectivity index (χ3v) is 25.0. The van der Waals surface area contributed by atoms with Crippen LogP contribution in [0.15, 0.2) is 71.2 Å². The molecule has 0 radical (unpaired) electrons. The molecule has 0 saturated carbocycles. The molecule has 4 unspecified atom stereocenters. The molecule has 16 heteroatoms. The summed E-state index contributed by atoms with van der Waals surface area (Å²) in [7, 11) is 0. The maximum absolute atomic E-state index is 14.5. The molecular weight excluding hydrogens is 1290 g/mol. The molecule has 4 heterocycles. The number of nitrogens with zero attached hydrogens (tertiary/aromatic N) is 4. The first-order chi connectivity index (χ1) is 44.0. The van der Waals surface area contributed by atoms with E-state index in [0.717, 1.165) is 156 Å². The van der Waals surface area contributed by atoms with Crippen LogP contribution >= 0.6 is 91.8 Å². The fourth-order valence-electron chi connectivity index (χ4n) is 13.3. The highest BCUT2D eigenvalue weighted by molar-refractivity contribution is 7.29. The Balaban J connectivity index is 1.27. The van der Waals surface area contributed by atoms with E-state index in [1.165, 1.54) is 33.0 Å². The largest absolute Gasteiger partial charge is 0.528 e. The minimum Gasteiger partial charge on any atom is -0.492 e. The maximum Gasteiger partial charge on any atom is 0.528 e. The van der Waals surface area contributed by atoms with Crippen LogP contribution in [0.1, 0.15) is 224 Å². The Hall–Kier alpha value is -5.74. The molecule has 4 aromatic heterocycles. The highest BCUT2D eigenvalue weighted by Gasteiger charge is 2.49. The molecule has 0 amide bonds. The molecule has 0 spiro atoms. The number of ether oxygens (including phenoxy) is 2. The van der Waals surface area contributed by atoms with Crippen LogP contribution in [-0.2, 0) is 5.41 Å². The minimum absolute atomic E-state index is 0.200. The van der Waals surface area contributed by atoms with Gasteiger partial charge in [0.05, 0.1) is 61.3 Å². The number of hydrogen-bond donors (Lipinski definition) is 0. The van der Waals surface area contributed by atoms with Crippen molar-refractivity contribution in [1.29, 1.82) is 5.26 Å². The predicted molar refractivity (Wildman–Crippen MR) is 385 cm³/mol. The summed E-state index contributed by atoms with van der Waals surface area (Å²) in [4.78, 5) is 48.0. The summed E-state index contributed by atoms with van der Waals surface area (Å²) in [6.07, 6.45) is 22.9. The summed E-state index contributed by atoms with van der Waals surface area (Å²) >= 11 is 32.9. The second kappa shape index (κ2) is 31.5. The fraction of sp³-hybridized carbons (Fsp3) is 0.440. The summed E-state index contributed by atoms with van der Waals surface area (Å²) in [5, 5.41) is 11.2. The number of nitriles is 1. The quantitative estimate of drug-likeness (QED) is 0.0255. The van der Waals surface area contributed by atoms with Gasteiger partial charge in [0.25, 0.3) is 5.70 Å². The van der Waals surface area contributed by atoms with Gasteiger partial charge in [-0.3, -0.25) is 9.59 Å². The highest BCUT2D eigenvalue weighted by Crippen LogP contribution is 2.65. The summed E-state index contributed by atoms with van der Waals surface area (Å²) in [6.45, 7) is 43.3. The summed E-state index contributed by atoms with van der Waals surface area (Å²) < 4.78 is 14.1. The van der Waals surface area contributed by atoms with Crippen molar-refractivity contribution in [3.8, 4) is 46.8 Å². The Morgan fingerprint density at radius 1 is 0.516 bits per heavy atom. The van der Waals surface area contributed by atoms with Crippen LogP contribution < -0.4 is 9.47 Å². The zero-order valence-corrected chi connectivity index (χ0v) is 59.6. The molecule has 0 fully saturated rings. The molecule has 2 aromatic carbocycles. The van der Waals surface area contributed by atoms with Crippen molar-refractivity contribution in [2.45, 2.75) is 176 Å². The topological polar surface area (TPSA) is 89.5 Å². The molecule has 8 nitrogen and oxygen atoms in total. The van der Waals surface area contributed by atoms with Crippen molar-refractivity contribution in [1.82, 2.24) is 0 Å². The van der Waals surface area contributed by atoms with E-state index in [9.17, 15) is 14.9 Å². The number of ketones is 2. The Labute approximate surface area is 575 Å². The van der Waals surface area contributed by atoms with Crippen molar-refractivity contribution in [3.05, 3.63) is 169 Å². The zero-order chi connectivity index (χ0) is 65.3. The smallest absolute Gasteiger partial charge is 0.492 e. The van der Waals surface area contributed by atoms with Crippen molar-refractivity contribution >= 4 is 127 Å². The normalized spacial score (nSPS) is 17.5. The zero-order valence-electron chi connectivity index (χ0n) is 53.3. The molecule has 4 atom stereocenters. The van der Waals surface area contributed by atoms with Crippen LogP contribution in [-0.4, -0.2) is 24.8 Å². The lowest BCUT2D eigenvalue weighted by Crippen LogP contribution is -2.31. The predicted octanol–water partition coefficient (Wildman–Crippen LogP) is 25.8. The van der Waals surface area contributed by atoms with E-state index in [0.29, 0.717) is 59.1 Å². The van der Waals surface area contributed by atoms with Gasteiger partial charge < -0.3 is 9.47 Å². The molecule has 0 bridgehead atoms. The third-order valence-electron chi connectivity index (χ3n) is 18.6. The van der Waals surface area contributed by atoms with Gasteiger partial charge in [-0.25, -0.2) is 10.1 Å². The number of hydrogen-bond acceptors (Lipinski definition) is 9. The minimum atomic E-state index is -0.345. The van der Waals surface area contributed by atoms with E-state index in [-0.39, 0.29) is 70.9 Å². The number of carbonyl (C=O) groups is 2. The van der Waals surface area contributed by atoms with Crippen LogP contribution in [0.3, 0.4) is 0 Å². The number of thiophene rings is 4. The number of allylic oxidation sites excluding steroid dienone is 5. The van der Waals surface area contributed by atoms with E-state index in [4.69, 9.17) is 75.6 Å². The number of Topliss-reactive ketones (excluding diaryl/α,β-unsaturated/α-hetero) is 2. The van der Waals surface area contributed by atoms with Crippen molar-refractivity contribution in [2.75, 3.05) is 13.2 Å². The van der Waals surface area contributed by atoms with Gasteiger partial charge in [0, 0.05) is 62.5 Å². The molecule has 3 aliphatic carbocycles. The number of fused-ring (bicyclic) bond motifs is 5. The highest BCUT2D eigenvalue weighted by atomic mass is 35.5. The maximum atomic E-state index is 14.5. The number of carbonyl (C=O) groups excluding carboxylic acids is 2. The first-order valence-electron chi connectivity index (χ1n) is 32.4. The average Bonchev–Trinajstić information content (AvgIpc) is 1.54. The van der Waals surface area contributed by atoms with E-state index in [1.807, 2.05) is 40.9 Å². The second-order valence-corrected chi connectivity index (χ2v) is 30.3. The third kappa shape index (κ3) is 14.5. The summed E-state index contributed by atoms with van der Waals surface area (Å²) in [5.41, 5.74) is 4.58. The Morgan fingerprint density at radius 2 is 0.890 bits per heavy atom. The van der Waals surface area contributed by atoms with Crippen LogP contribution in [0.5, 0.6) is 11.5 Å². The van der Waals surface area contributed by atoms with Crippen LogP contribution in [0.4, 0.5) is 0 Å². The van der Waals surface area contributed by atoms with Crippen LogP contribution in [0.2, 0.25) is 20.1 Å². The number of halogens is 4. The van der Waals surface area contributed by atoms with Crippen molar-refractivity contribution in [2.24, 2.45) is 23.7 Å². The molecule has 474 valence electrons. The second-order valence-electron chi connectivity index (χ2n) is 24.4. The Kier molecular flexibility index (Phi) is 24.1. The molecule has 0 saturated heterocycles. The first-order valence-corrected chi connectivity index (χ1v) is 37.2.